The number of carboxylic acids is 1. The monoisotopic (exact) mass is 272 g/mol. The lowest BCUT2D eigenvalue weighted by Gasteiger charge is -2.09. The second kappa shape index (κ2) is 5.69. The van der Waals surface area contributed by atoms with E-state index in [2.05, 4.69) is 23.8 Å². The highest BCUT2D eigenvalue weighted by Gasteiger charge is 2.09. The maximum atomic E-state index is 11.4. The molecule has 1 unspecified atom stereocenters. The highest BCUT2D eigenvalue weighted by Crippen LogP contribution is 2.22. The lowest BCUT2D eigenvalue weighted by atomic mass is 9.97. The summed E-state index contributed by atoms with van der Waals surface area (Å²) in [6.07, 6.45) is 1.05. The molecule has 0 aliphatic heterocycles. The normalized spacial score (nSPS) is 12.1. The predicted molar refractivity (Wildman–Crippen MR) is 76.0 cm³/mol. The molecule has 2 aromatic rings. The van der Waals surface area contributed by atoms with Crippen LogP contribution in [0.2, 0.25) is 0 Å². The summed E-state index contributed by atoms with van der Waals surface area (Å²) in [5.74, 6) is -0.715. The number of rotatable bonds is 4. The Kier molecular flexibility index (Phi) is 3.98. The van der Waals surface area contributed by atoms with Crippen LogP contribution in [0, 0.1) is 0 Å². The molecular formula is C15H16N2O3. The fraction of sp³-hybridized carbons (Fsp3) is 0.267. The fourth-order valence-electron chi connectivity index (χ4n) is 1.94. The summed E-state index contributed by atoms with van der Waals surface area (Å²) in [4.78, 5) is 28.3. The fourth-order valence-corrected chi connectivity index (χ4v) is 1.94. The molecule has 1 atom stereocenters. The van der Waals surface area contributed by atoms with Gasteiger partial charge in [-0.2, -0.15) is 4.98 Å². The summed E-state index contributed by atoms with van der Waals surface area (Å²) in [7, 11) is 0. The second-order valence-electron chi connectivity index (χ2n) is 4.72. The van der Waals surface area contributed by atoms with E-state index in [9.17, 15) is 9.59 Å². The van der Waals surface area contributed by atoms with Gasteiger partial charge >= 0.3 is 11.7 Å². The van der Waals surface area contributed by atoms with Gasteiger partial charge in [0.2, 0.25) is 0 Å². The van der Waals surface area contributed by atoms with Gasteiger partial charge in [-0.15, -0.1) is 0 Å². The van der Waals surface area contributed by atoms with Gasteiger partial charge in [-0.3, -0.25) is 4.98 Å². The van der Waals surface area contributed by atoms with Gasteiger partial charge in [-0.25, -0.2) is 9.59 Å². The summed E-state index contributed by atoms with van der Waals surface area (Å²) in [5.41, 5.74) is 1.48. The zero-order valence-corrected chi connectivity index (χ0v) is 11.4. The third-order valence-electron chi connectivity index (χ3n) is 3.36. The lowest BCUT2D eigenvalue weighted by molar-refractivity contribution is 0.0690. The summed E-state index contributed by atoms with van der Waals surface area (Å²) in [6, 6.07) is 9.03. The Hall–Kier alpha value is -2.43. The van der Waals surface area contributed by atoms with Crippen LogP contribution in [0.4, 0.5) is 0 Å². The Morgan fingerprint density at radius 3 is 2.55 bits per heavy atom. The van der Waals surface area contributed by atoms with Crippen molar-refractivity contribution in [2.75, 3.05) is 0 Å². The number of benzene rings is 1. The first-order valence-electron chi connectivity index (χ1n) is 6.46. The third kappa shape index (κ3) is 2.93. The van der Waals surface area contributed by atoms with E-state index in [-0.39, 0.29) is 5.69 Å². The summed E-state index contributed by atoms with van der Waals surface area (Å²) in [5, 5.41) is 8.93. The van der Waals surface area contributed by atoms with Crippen LogP contribution in [-0.2, 0) is 0 Å². The van der Waals surface area contributed by atoms with Gasteiger partial charge in [0, 0.05) is 5.56 Å². The zero-order valence-electron chi connectivity index (χ0n) is 11.4. The predicted octanol–water partition coefficient (Wildman–Crippen LogP) is 2.65. The first-order chi connectivity index (χ1) is 9.51. The van der Waals surface area contributed by atoms with Crippen LogP contribution in [0.5, 0.6) is 0 Å². The first kappa shape index (κ1) is 14.0. The molecule has 0 aliphatic carbocycles. The van der Waals surface area contributed by atoms with E-state index in [1.54, 1.807) is 0 Å². The molecule has 0 bridgehead atoms. The van der Waals surface area contributed by atoms with Crippen molar-refractivity contribution in [2.45, 2.75) is 26.2 Å². The van der Waals surface area contributed by atoms with E-state index in [4.69, 9.17) is 5.11 Å². The number of hydrogen-bond donors (Lipinski definition) is 2. The minimum absolute atomic E-state index is 0.161. The van der Waals surface area contributed by atoms with Gasteiger partial charge in [-0.1, -0.05) is 38.1 Å². The first-order valence-corrected chi connectivity index (χ1v) is 6.46. The highest BCUT2D eigenvalue weighted by molar-refractivity contribution is 5.86. The molecular weight excluding hydrogens is 256 g/mol. The lowest BCUT2D eigenvalue weighted by Crippen LogP contribution is -2.16. The molecule has 0 saturated carbocycles. The Bertz CT molecular complexity index is 674. The molecule has 5 heteroatoms. The Morgan fingerprint density at radius 1 is 1.35 bits per heavy atom. The molecule has 20 heavy (non-hydrogen) atoms. The van der Waals surface area contributed by atoms with Crippen molar-refractivity contribution >= 4 is 5.97 Å². The van der Waals surface area contributed by atoms with E-state index >= 15 is 0 Å². The van der Waals surface area contributed by atoms with Crippen LogP contribution in [0.25, 0.3) is 11.3 Å². The maximum Gasteiger partial charge on any atom is 0.352 e. The molecule has 1 aromatic heterocycles. The number of nitrogens with zero attached hydrogens (tertiary/aromatic N) is 1. The Balaban J connectivity index is 2.41. The standard InChI is InChI=1S/C15H16N2O3/c1-3-9(2)10-4-6-11(7-5-10)12-8-13(14(18)19)17-15(20)16-12/h4-9H,3H2,1-2H3,(H,18,19)(H,16,17,20). The average molecular weight is 272 g/mol. The number of H-pyrrole nitrogens is 1. The van der Waals surface area contributed by atoms with E-state index in [1.165, 1.54) is 11.6 Å². The summed E-state index contributed by atoms with van der Waals surface area (Å²) < 4.78 is 0. The van der Waals surface area contributed by atoms with E-state index in [0.29, 0.717) is 11.6 Å². The molecule has 2 N–H and O–H groups in total. The quantitative estimate of drug-likeness (QED) is 0.896. The van der Waals surface area contributed by atoms with Crippen LogP contribution in [-0.4, -0.2) is 21.0 Å². The Labute approximate surface area is 116 Å². The average Bonchev–Trinajstić information content (AvgIpc) is 2.46. The molecule has 0 radical (unpaired) electrons. The topological polar surface area (TPSA) is 83.0 Å². The minimum Gasteiger partial charge on any atom is -0.477 e. The number of aromatic nitrogens is 2. The molecule has 104 valence electrons. The van der Waals surface area contributed by atoms with Gasteiger partial charge in [-0.05, 0) is 24.0 Å². The van der Waals surface area contributed by atoms with E-state index in [0.717, 1.165) is 12.0 Å². The number of carboxylic acid groups (broad SMARTS) is 1. The number of nitrogens with one attached hydrogen (secondary N) is 1. The molecule has 1 aromatic carbocycles. The summed E-state index contributed by atoms with van der Waals surface area (Å²) in [6.45, 7) is 4.26. The molecule has 2 rings (SSSR count). The number of carbonyl (C=O) groups is 1. The molecule has 5 nitrogen and oxygen atoms in total. The largest absolute Gasteiger partial charge is 0.477 e. The van der Waals surface area contributed by atoms with Crippen molar-refractivity contribution in [2.24, 2.45) is 0 Å². The number of aromatic carboxylic acids is 1. The van der Waals surface area contributed by atoms with Crippen LogP contribution in [0.15, 0.2) is 35.1 Å². The van der Waals surface area contributed by atoms with Crippen molar-refractivity contribution < 1.29 is 9.90 Å². The number of aromatic amines is 1. The van der Waals surface area contributed by atoms with Gasteiger partial charge < -0.3 is 5.11 Å². The van der Waals surface area contributed by atoms with Crippen LogP contribution >= 0.6 is 0 Å². The molecule has 0 fully saturated rings. The molecule has 1 heterocycles. The van der Waals surface area contributed by atoms with Gasteiger partial charge in [0.25, 0.3) is 0 Å². The molecule has 0 saturated heterocycles. The minimum atomic E-state index is -1.18. The van der Waals surface area contributed by atoms with Gasteiger partial charge in [0.1, 0.15) is 5.69 Å². The van der Waals surface area contributed by atoms with Crippen molar-refractivity contribution in [3.05, 3.63) is 52.1 Å². The van der Waals surface area contributed by atoms with E-state index in [1.807, 2.05) is 24.3 Å². The summed E-state index contributed by atoms with van der Waals surface area (Å²) >= 11 is 0. The van der Waals surface area contributed by atoms with Crippen molar-refractivity contribution in [3.8, 4) is 11.3 Å². The Morgan fingerprint density at radius 2 is 2.00 bits per heavy atom. The number of hydrogen-bond acceptors (Lipinski definition) is 3. The molecule has 0 spiro atoms. The molecule has 0 aliphatic rings. The van der Waals surface area contributed by atoms with Crippen molar-refractivity contribution in [1.82, 2.24) is 9.97 Å². The second-order valence-corrected chi connectivity index (χ2v) is 4.72. The van der Waals surface area contributed by atoms with E-state index < -0.39 is 11.7 Å². The van der Waals surface area contributed by atoms with Gasteiger partial charge in [0.15, 0.2) is 0 Å². The highest BCUT2D eigenvalue weighted by atomic mass is 16.4. The smallest absolute Gasteiger partial charge is 0.352 e. The van der Waals surface area contributed by atoms with Crippen LogP contribution in [0.3, 0.4) is 0 Å². The van der Waals surface area contributed by atoms with Crippen molar-refractivity contribution in [1.29, 1.82) is 0 Å². The SMILES string of the molecule is CCC(C)c1ccc(-c2cc(C(=O)O)[nH]c(=O)n2)cc1. The van der Waals surface area contributed by atoms with Crippen LogP contribution in [0.1, 0.15) is 42.2 Å². The van der Waals surface area contributed by atoms with Crippen molar-refractivity contribution in [3.63, 3.8) is 0 Å². The molecule has 0 amide bonds. The van der Waals surface area contributed by atoms with Crippen LogP contribution < -0.4 is 5.69 Å². The zero-order chi connectivity index (χ0) is 14.7. The third-order valence-corrected chi connectivity index (χ3v) is 3.36. The van der Waals surface area contributed by atoms with Gasteiger partial charge in [0.05, 0.1) is 5.69 Å². The maximum absolute atomic E-state index is 11.4.